The lowest BCUT2D eigenvalue weighted by Crippen LogP contribution is -2.33. The van der Waals surface area contributed by atoms with Crippen LogP contribution in [0.5, 0.6) is 0 Å². The molecule has 0 spiro atoms. The van der Waals surface area contributed by atoms with E-state index in [1.165, 1.54) is 32.1 Å². The lowest BCUT2D eigenvalue weighted by atomic mass is 9.86. The average molecular weight is 227 g/mol. The van der Waals surface area contributed by atoms with Crippen LogP contribution >= 0.6 is 0 Å². The van der Waals surface area contributed by atoms with Crippen molar-refractivity contribution >= 4 is 0 Å². The summed E-state index contributed by atoms with van der Waals surface area (Å²) in [6.07, 6.45) is 7.34. The SMILES string of the molecule is COC(C)CC(CNC(C)C)C1CCCC1. The number of rotatable bonds is 7. The van der Waals surface area contributed by atoms with Crippen molar-refractivity contribution in [3.05, 3.63) is 0 Å². The van der Waals surface area contributed by atoms with Gasteiger partial charge in [0, 0.05) is 13.2 Å². The Labute approximate surface area is 101 Å². The maximum Gasteiger partial charge on any atom is 0.0546 e. The zero-order valence-corrected chi connectivity index (χ0v) is 11.5. The van der Waals surface area contributed by atoms with Crippen molar-refractivity contribution in [3.63, 3.8) is 0 Å². The van der Waals surface area contributed by atoms with Gasteiger partial charge >= 0.3 is 0 Å². The highest BCUT2D eigenvalue weighted by Crippen LogP contribution is 2.33. The normalized spacial score (nSPS) is 21.6. The van der Waals surface area contributed by atoms with E-state index in [9.17, 15) is 0 Å². The van der Waals surface area contributed by atoms with E-state index < -0.39 is 0 Å². The third kappa shape index (κ3) is 4.84. The predicted molar refractivity (Wildman–Crippen MR) is 69.7 cm³/mol. The minimum absolute atomic E-state index is 0.402. The lowest BCUT2D eigenvalue weighted by molar-refractivity contribution is 0.0829. The topological polar surface area (TPSA) is 21.3 Å². The largest absolute Gasteiger partial charge is 0.382 e. The summed E-state index contributed by atoms with van der Waals surface area (Å²) in [4.78, 5) is 0. The highest BCUT2D eigenvalue weighted by Gasteiger charge is 2.26. The summed E-state index contributed by atoms with van der Waals surface area (Å²) in [6.45, 7) is 7.81. The molecule has 2 atom stereocenters. The fourth-order valence-electron chi connectivity index (χ4n) is 2.78. The molecule has 2 heteroatoms. The summed E-state index contributed by atoms with van der Waals surface area (Å²) in [5.41, 5.74) is 0. The van der Waals surface area contributed by atoms with Gasteiger partial charge in [0.15, 0.2) is 0 Å². The third-order valence-corrected chi connectivity index (χ3v) is 3.89. The molecule has 0 aromatic carbocycles. The van der Waals surface area contributed by atoms with Gasteiger partial charge < -0.3 is 10.1 Å². The van der Waals surface area contributed by atoms with Crippen molar-refractivity contribution in [3.8, 4) is 0 Å². The highest BCUT2D eigenvalue weighted by molar-refractivity contribution is 4.79. The summed E-state index contributed by atoms with van der Waals surface area (Å²) < 4.78 is 5.42. The molecule has 0 bridgehead atoms. The second-order valence-corrected chi connectivity index (χ2v) is 5.65. The van der Waals surface area contributed by atoms with Crippen LogP contribution < -0.4 is 5.32 Å². The molecule has 1 fully saturated rings. The van der Waals surface area contributed by atoms with Crippen LogP contribution in [0.1, 0.15) is 52.9 Å². The van der Waals surface area contributed by atoms with Gasteiger partial charge in [-0.25, -0.2) is 0 Å². The molecule has 2 unspecified atom stereocenters. The number of hydrogen-bond acceptors (Lipinski definition) is 2. The maximum absolute atomic E-state index is 5.42. The highest BCUT2D eigenvalue weighted by atomic mass is 16.5. The van der Waals surface area contributed by atoms with Crippen LogP contribution in [0.3, 0.4) is 0 Å². The van der Waals surface area contributed by atoms with Crippen molar-refractivity contribution < 1.29 is 4.74 Å². The zero-order chi connectivity index (χ0) is 12.0. The van der Waals surface area contributed by atoms with Crippen molar-refractivity contribution in [2.45, 2.75) is 65.0 Å². The molecule has 0 saturated heterocycles. The first kappa shape index (κ1) is 14.0. The van der Waals surface area contributed by atoms with Gasteiger partial charge in [0.05, 0.1) is 6.10 Å². The van der Waals surface area contributed by atoms with Crippen molar-refractivity contribution in [2.24, 2.45) is 11.8 Å². The van der Waals surface area contributed by atoms with Crippen LogP contribution in [0.25, 0.3) is 0 Å². The lowest BCUT2D eigenvalue weighted by Gasteiger charge is -2.27. The Balaban J connectivity index is 2.40. The molecule has 2 nitrogen and oxygen atoms in total. The second-order valence-electron chi connectivity index (χ2n) is 5.65. The van der Waals surface area contributed by atoms with Gasteiger partial charge in [-0.15, -0.1) is 0 Å². The van der Waals surface area contributed by atoms with Gasteiger partial charge in [-0.05, 0) is 31.7 Å². The molecule has 0 aromatic rings. The molecule has 1 rings (SSSR count). The molecule has 1 saturated carbocycles. The monoisotopic (exact) mass is 227 g/mol. The molecular formula is C14H29NO. The van der Waals surface area contributed by atoms with Gasteiger partial charge in [0.2, 0.25) is 0 Å². The Morgan fingerprint density at radius 2 is 1.81 bits per heavy atom. The van der Waals surface area contributed by atoms with Gasteiger partial charge in [0.1, 0.15) is 0 Å². The molecule has 0 aliphatic heterocycles. The first-order valence-corrected chi connectivity index (χ1v) is 6.89. The molecule has 16 heavy (non-hydrogen) atoms. The summed E-state index contributed by atoms with van der Waals surface area (Å²) >= 11 is 0. The standard InChI is InChI=1S/C14H29NO/c1-11(2)15-10-14(9-12(3)16-4)13-7-5-6-8-13/h11-15H,5-10H2,1-4H3. The van der Waals surface area contributed by atoms with Crippen LogP contribution in [0.4, 0.5) is 0 Å². The fourth-order valence-corrected chi connectivity index (χ4v) is 2.78. The smallest absolute Gasteiger partial charge is 0.0546 e. The van der Waals surface area contributed by atoms with E-state index in [2.05, 4.69) is 26.1 Å². The minimum atomic E-state index is 0.402. The molecule has 0 radical (unpaired) electrons. The predicted octanol–water partition coefficient (Wildman–Crippen LogP) is 3.22. The maximum atomic E-state index is 5.42. The first-order valence-electron chi connectivity index (χ1n) is 6.89. The Hall–Kier alpha value is -0.0800. The van der Waals surface area contributed by atoms with Crippen LogP contribution in [0, 0.1) is 11.8 Å². The number of nitrogens with one attached hydrogen (secondary N) is 1. The van der Waals surface area contributed by atoms with Gasteiger partial charge in [-0.2, -0.15) is 0 Å². The van der Waals surface area contributed by atoms with Crippen LogP contribution in [0.2, 0.25) is 0 Å². The molecule has 0 heterocycles. The van der Waals surface area contributed by atoms with Crippen molar-refractivity contribution in [1.82, 2.24) is 5.32 Å². The molecule has 1 aliphatic rings. The van der Waals surface area contributed by atoms with Gasteiger partial charge in [-0.1, -0.05) is 39.5 Å². The van der Waals surface area contributed by atoms with Crippen LogP contribution in [0.15, 0.2) is 0 Å². The summed E-state index contributed by atoms with van der Waals surface area (Å²) in [6, 6.07) is 0.599. The second kappa shape index (κ2) is 7.29. The van der Waals surface area contributed by atoms with Crippen LogP contribution in [-0.2, 0) is 4.74 Å². The molecule has 96 valence electrons. The molecule has 1 N–H and O–H groups in total. The Morgan fingerprint density at radius 1 is 1.19 bits per heavy atom. The quantitative estimate of drug-likeness (QED) is 0.721. The Kier molecular flexibility index (Phi) is 6.37. The van der Waals surface area contributed by atoms with Crippen molar-refractivity contribution in [1.29, 1.82) is 0 Å². The number of ether oxygens (including phenoxy) is 1. The summed E-state index contributed by atoms with van der Waals surface area (Å²) in [5, 5.41) is 3.60. The third-order valence-electron chi connectivity index (χ3n) is 3.89. The van der Waals surface area contributed by atoms with E-state index >= 15 is 0 Å². The van der Waals surface area contributed by atoms with E-state index in [1.807, 2.05) is 7.11 Å². The summed E-state index contributed by atoms with van der Waals surface area (Å²) in [7, 11) is 1.83. The molecule has 1 aliphatic carbocycles. The van der Waals surface area contributed by atoms with E-state index in [-0.39, 0.29) is 0 Å². The molecule has 0 aromatic heterocycles. The first-order chi connectivity index (χ1) is 7.63. The fraction of sp³-hybridized carbons (Fsp3) is 1.00. The Morgan fingerprint density at radius 3 is 2.31 bits per heavy atom. The summed E-state index contributed by atoms with van der Waals surface area (Å²) in [5.74, 6) is 1.74. The minimum Gasteiger partial charge on any atom is -0.382 e. The van der Waals surface area contributed by atoms with Gasteiger partial charge in [-0.3, -0.25) is 0 Å². The van der Waals surface area contributed by atoms with E-state index in [0.717, 1.165) is 18.4 Å². The Bertz CT molecular complexity index is 176. The van der Waals surface area contributed by atoms with E-state index in [0.29, 0.717) is 12.1 Å². The number of hydrogen-bond donors (Lipinski definition) is 1. The van der Waals surface area contributed by atoms with E-state index in [1.54, 1.807) is 0 Å². The average Bonchev–Trinajstić information content (AvgIpc) is 2.76. The number of methoxy groups -OCH3 is 1. The molecule has 0 amide bonds. The van der Waals surface area contributed by atoms with Crippen molar-refractivity contribution in [2.75, 3.05) is 13.7 Å². The van der Waals surface area contributed by atoms with Gasteiger partial charge in [0.25, 0.3) is 0 Å². The van der Waals surface area contributed by atoms with Crippen LogP contribution in [-0.4, -0.2) is 25.8 Å². The zero-order valence-electron chi connectivity index (χ0n) is 11.5. The van der Waals surface area contributed by atoms with E-state index in [4.69, 9.17) is 4.74 Å². The molecular weight excluding hydrogens is 198 g/mol.